The lowest BCUT2D eigenvalue weighted by molar-refractivity contribution is -0.123. The zero-order chi connectivity index (χ0) is 16.1. The molecular formula is C18H27ClN2O3. The summed E-state index contributed by atoms with van der Waals surface area (Å²) in [7, 11) is 0. The first-order valence-electron chi connectivity index (χ1n) is 8.59. The van der Waals surface area contributed by atoms with Crippen LogP contribution in [0.4, 0.5) is 5.69 Å². The number of ether oxygens (including phenoxy) is 2. The fraction of sp³-hybridized carbons (Fsp3) is 0.611. The van der Waals surface area contributed by atoms with Gasteiger partial charge >= 0.3 is 0 Å². The van der Waals surface area contributed by atoms with Crippen LogP contribution >= 0.6 is 12.4 Å². The van der Waals surface area contributed by atoms with E-state index in [9.17, 15) is 4.79 Å². The summed E-state index contributed by atoms with van der Waals surface area (Å²) < 4.78 is 11.1. The van der Waals surface area contributed by atoms with Gasteiger partial charge in [-0.2, -0.15) is 0 Å². The largest absolute Gasteiger partial charge is 0.399 e. The van der Waals surface area contributed by atoms with Gasteiger partial charge in [-0.3, -0.25) is 4.79 Å². The number of nitrogens with two attached hydrogens (primary N) is 1. The number of amides is 1. The fourth-order valence-corrected chi connectivity index (χ4v) is 3.41. The number of hydrogen-bond donors (Lipinski definition) is 2. The SMILES string of the molecule is Cl.Nc1ccc2c(c1)CCCC2NC(=O)CCOCC1CCCO1. The van der Waals surface area contributed by atoms with E-state index in [1.54, 1.807) is 0 Å². The van der Waals surface area contributed by atoms with Crippen molar-refractivity contribution in [2.45, 2.75) is 50.7 Å². The summed E-state index contributed by atoms with van der Waals surface area (Å²) in [5, 5.41) is 3.13. The number of carbonyl (C=O) groups is 1. The van der Waals surface area contributed by atoms with E-state index in [0.717, 1.165) is 44.4 Å². The Kier molecular flexibility index (Phi) is 7.34. The first-order chi connectivity index (χ1) is 11.2. The van der Waals surface area contributed by atoms with Gasteiger partial charge in [-0.15, -0.1) is 12.4 Å². The van der Waals surface area contributed by atoms with Crippen LogP contribution < -0.4 is 11.1 Å². The van der Waals surface area contributed by atoms with E-state index in [0.29, 0.717) is 19.6 Å². The van der Waals surface area contributed by atoms with E-state index >= 15 is 0 Å². The number of carbonyl (C=O) groups excluding carboxylic acids is 1. The molecule has 1 saturated heterocycles. The first kappa shape index (κ1) is 19.0. The number of anilines is 1. The molecule has 1 aliphatic heterocycles. The van der Waals surface area contributed by atoms with Crippen molar-refractivity contribution in [3.8, 4) is 0 Å². The average molecular weight is 355 g/mol. The van der Waals surface area contributed by atoms with E-state index in [-0.39, 0.29) is 30.5 Å². The number of benzene rings is 1. The van der Waals surface area contributed by atoms with Gasteiger partial charge in [0.05, 0.1) is 25.4 Å². The highest BCUT2D eigenvalue weighted by atomic mass is 35.5. The number of nitrogen functional groups attached to an aromatic ring is 1. The molecule has 2 aliphatic rings. The molecule has 5 nitrogen and oxygen atoms in total. The Morgan fingerprint density at radius 1 is 1.33 bits per heavy atom. The second-order valence-electron chi connectivity index (χ2n) is 6.43. The van der Waals surface area contributed by atoms with Crippen LogP contribution in [0.3, 0.4) is 0 Å². The Labute approximate surface area is 149 Å². The standard InChI is InChI=1S/C18H26N2O3.ClH/c19-14-6-7-16-13(11-14)3-1-5-17(16)20-18(21)8-10-22-12-15-4-2-9-23-15;/h6-7,11,15,17H,1-5,8-10,12,19H2,(H,20,21);1H. The predicted octanol–water partition coefficient (Wildman–Crippen LogP) is 2.77. The van der Waals surface area contributed by atoms with Crippen molar-refractivity contribution in [2.24, 2.45) is 0 Å². The number of hydrogen-bond acceptors (Lipinski definition) is 4. The molecule has 0 bridgehead atoms. The van der Waals surface area contributed by atoms with Crippen molar-refractivity contribution >= 4 is 24.0 Å². The Balaban J connectivity index is 0.00000208. The lowest BCUT2D eigenvalue weighted by Gasteiger charge is -2.26. The van der Waals surface area contributed by atoms with Gasteiger partial charge in [0.25, 0.3) is 0 Å². The smallest absolute Gasteiger partial charge is 0.222 e. The van der Waals surface area contributed by atoms with Gasteiger partial charge in [0.1, 0.15) is 0 Å². The number of rotatable bonds is 6. The van der Waals surface area contributed by atoms with Gasteiger partial charge in [-0.05, 0) is 55.4 Å². The lowest BCUT2D eigenvalue weighted by Crippen LogP contribution is -2.31. The molecule has 1 fully saturated rings. The van der Waals surface area contributed by atoms with Crippen LogP contribution in [0.2, 0.25) is 0 Å². The molecule has 6 heteroatoms. The molecule has 0 spiro atoms. The second kappa shape index (κ2) is 9.25. The van der Waals surface area contributed by atoms with Crippen LogP contribution in [0.15, 0.2) is 18.2 Å². The van der Waals surface area contributed by atoms with E-state index < -0.39 is 0 Å². The summed E-state index contributed by atoms with van der Waals surface area (Å²) in [5.41, 5.74) is 9.11. The minimum atomic E-state index is 0. The molecule has 1 aromatic carbocycles. The maximum atomic E-state index is 12.1. The maximum Gasteiger partial charge on any atom is 0.222 e. The Morgan fingerprint density at radius 3 is 3.00 bits per heavy atom. The second-order valence-corrected chi connectivity index (χ2v) is 6.43. The molecule has 0 aromatic heterocycles. The zero-order valence-electron chi connectivity index (χ0n) is 14.0. The minimum Gasteiger partial charge on any atom is -0.399 e. The van der Waals surface area contributed by atoms with E-state index in [1.807, 2.05) is 18.2 Å². The third-order valence-electron chi connectivity index (χ3n) is 4.62. The molecule has 1 heterocycles. The molecule has 1 aliphatic carbocycles. The van der Waals surface area contributed by atoms with Gasteiger partial charge in [0.2, 0.25) is 5.91 Å². The van der Waals surface area contributed by atoms with Gasteiger partial charge in [0, 0.05) is 18.7 Å². The number of halogens is 1. The van der Waals surface area contributed by atoms with Crippen LogP contribution in [0.25, 0.3) is 0 Å². The van der Waals surface area contributed by atoms with Crippen LogP contribution in [0, 0.1) is 0 Å². The van der Waals surface area contributed by atoms with Crippen molar-refractivity contribution in [3.63, 3.8) is 0 Å². The average Bonchev–Trinajstić information content (AvgIpc) is 3.05. The Morgan fingerprint density at radius 2 is 2.21 bits per heavy atom. The monoisotopic (exact) mass is 354 g/mol. The Hall–Kier alpha value is -1.30. The first-order valence-corrected chi connectivity index (χ1v) is 8.59. The van der Waals surface area contributed by atoms with E-state index in [1.165, 1.54) is 11.1 Å². The molecule has 3 N–H and O–H groups in total. The summed E-state index contributed by atoms with van der Waals surface area (Å²) in [6.07, 6.45) is 5.89. The predicted molar refractivity (Wildman–Crippen MR) is 96.3 cm³/mol. The van der Waals surface area contributed by atoms with Gasteiger partial charge < -0.3 is 20.5 Å². The van der Waals surface area contributed by atoms with Crippen molar-refractivity contribution in [2.75, 3.05) is 25.6 Å². The molecule has 134 valence electrons. The number of fused-ring (bicyclic) bond motifs is 1. The maximum absolute atomic E-state index is 12.1. The summed E-state index contributed by atoms with van der Waals surface area (Å²) in [4.78, 5) is 12.1. The summed E-state index contributed by atoms with van der Waals surface area (Å²) in [6.45, 7) is 1.88. The highest BCUT2D eigenvalue weighted by molar-refractivity contribution is 5.85. The Bertz CT molecular complexity index is 547. The molecule has 0 radical (unpaired) electrons. The van der Waals surface area contributed by atoms with Crippen LogP contribution in [0.1, 0.15) is 49.3 Å². The third kappa shape index (κ3) is 5.10. The molecule has 1 aromatic rings. The topological polar surface area (TPSA) is 73.6 Å². The minimum absolute atomic E-state index is 0. The molecule has 2 atom stereocenters. The van der Waals surface area contributed by atoms with Crippen LogP contribution in [-0.2, 0) is 20.7 Å². The molecule has 1 amide bonds. The van der Waals surface area contributed by atoms with Crippen molar-refractivity contribution < 1.29 is 14.3 Å². The van der Waals surface area contributed by atoms with Gasteiger partial charge in [0.15, 0.2) is 0 Å². The fourth-order valence-electron chi connectivity index (χ4n) is 3.41. The molecule has 2 unspecified atom stereocenters. The van der Waals surface area contributed by atoms with Gasteiger partial charge in [-0.1, -0.05) is 6.07 Å². The zero-order valence-corrected chi connectivity index (χ0v) is 14.8. The quantitative estimate of drug-likeness (QED) is 0.608. The summed E-state index contributed by atoms with van der Waals surface area (Å²) in [6, 6.07) is 6.08. The van der Waals surface area contributed by atoms with Crippen LogP contribution in [-0.4, -0.2) is 31.8 Å². The molecule has 0 saturated carbocycles. The number of aryl methyl sites for hydroxylation is 1. The highest BCUT2D eigenvalue weighted by Gasteiger charge is 2.22. The lowest BCUT2D eigenvalue weighted by atomic mass is 9.87. The molecule has 24 heavy (non-hydrogen) atoms. The summed E-state index contributed by atoms with van der Waals surface area (Å²) in [5.74, 6) is 0.0482. The van der Waals surface area contributed by atoms with Crippen molar-refractivity contribution in [1.82, 2.24) is 5.32 Å². The van der Waals surface area contributed by atoms with E-state index in [2.05, 4.69) is 5.32 Å². The van der Waals surface area contributed by atoms with E-state index in [4.69, 9.17) is 15.2 Å². The third-order valence-corrected chi connectivity index (χ3v) is 4.62. The molecular weight excluding hydrogens is 328 g/mol. The highest BCUT2D eigenvalue weighted by Crippen LogP contribution is 2.30. The van der Waals surface area contributed by atoms with Crippen molar-refractivity contribution in [3.05, 3.63) is 29.3 Å². The normalized spacial score (nSPS) is 22.5. The van der Waals surface area contributed by atoms with Gasteiger partial charge in [-0.25, -0.2) is 0 Å². The summed E-state index contributed by atoms with van der Waals surface area (Å²) >= 11 is 0. The number of nitrogens with one attached hydrogen (secondary N) is 1. The van der Waals surface area contributed by atoms with Crippen LogP contribution in [0.5, 0.6) is 0 Å². The molecule has 3 rings (SSSR count). The van der Waals surface area contributed by atoms with Crippen molar-refractivity contribution in [1.29, 1.82) is 0 Å².